The predicted octanol–water partition coefficient (Wildman–Crippen LogP) is 2.57. The molecule has 1 unspecified atom stereocenters. The maximum Gasteiger partial charge on any atom is 0.171 e. The maximum absolute atomic E-state index is 10.6. The summed E-state index contributed by atoms with van der Waals surface area (Å²) in [4.78, 5) is 0. The zero-order valence-corrected chi connectivity index (χ0v) is 12.0. The minimum atomic E-state index is -0.431. The highest BCUT2D eigenvalue weighted by Gasteiger charge is 2.68. The van der Waals surface area contributed by atoms with Crippen molar-refractivity contribution in [3.8, 4) is 0 Å². The molecule has 1 spiro atoms. The molecule has 0 bridgehead atoms. The van der Waals surface area contributed by atoms with Gasteiger partial charge in [0, 0.05) is 17.8 Å². The van der Waals surface area contributed by atoms with E-state index in [9.17, 15) is 5.11 Å². The van der Waals surface area contributed by atoms with Crippen molar-refractivity contribution in [3.05, 3.63) is 0 Å². The Kier molecular flexibility index (Phi) is 2.66. The van der Waals surface area contributed by atoms with Crippen LogP contribution in [0.25, 0.3) is 0 Å². The molecule has 18 heavy (non-hydrogen) atoms. The number of hydrogen-bond donors (Lipinski definition) is 1. The summed E-state index contributed by atoms with van der Waals surface area (Å²) < 4.78 is 11.9. The van der Waals surface area contributed by atoms with Gasteiger partial charge < -0.3 is 14.6 Å². The summed E-state index contributed by atoms with van der Waals surface area (Å²) >= 11 is 0. The van der Waals surface area contributed by atoms with Gasteiger partial charge in [-0.25, -0.2) is 0 Å². The van der Waals surface area contributed by atoms with Crippen LogP contribution < -0.4 is 0 Å². The molecule has 1 N–H and O–H groups in total. The van der Waals surface area contributed by atoms with E-state index in [1.165, 1.54) is 0 Å². The Hall–Kier alpha value is -0.120. The van der Waals surface area contributed by atoms with Gasteiger partial charge in [-0.05, 0) is 24.2 Å². The van der Waals surface area contributed by atoms with E-state index in [0.29, 0.717) is 19.1 Å². The van der Waals surface area contributed by atoms with Crippen LogP contribution in [0.4, 0.5) is 0 Å². The van der Waals surface area contributed by atoms with Gasteiger partial charge in [0.1, 0.15) is 0 Å². The first kappa shape index (κ1) is 12.9. The first-order chi connectivity index (χ1) is 8.37. The van der Waals surface area contributed by atoms with Crippen molar-refractivity contribution in [3.63, 3.8) is 0 Å². The first-order valence-corrected chi connectivity index (χ1v) is 7.33. The molecule has 1 saturated heterocycles. The molecule has 0 aromatic heterocycles. The van der Waals surface area contributed by atoms with Crippen molar-refractivity contribution in [1.29, 1.82) is 0 Å². The topological polar surface area (TPSA) is 38.7 Å². The van der Waals surface area contributed by atoms with Gasteiger partial charge in [0.05, 0.1) is 19.3 Å². The van der Waals surface area contributed by atoms with Crippen LogP contribution in [0.2, 0.25) is 0 Å². The minimum Gasteiger partial charge on any atom is -0.393 e. The Labute approximate surface area is 110 Å². The lowest BCUT2D eigenvalue weighted by atomic mass is 9.51. The molecule has 3 aliphatic rings. The second-order valence-electron chi connectivity index (χ2n) is 7.08. The molecule has 3 heteroatoms. The third kappa shape index (κ3) is 1.26. The van der Waals surface area contributed by atoms with E-state index in [4.69, 9.17) is 9.47 Å². The van der Waals surface area contributed by atoms with Gasteiger partial charge >= 0.3 is 0 Å². The highest BCUT2D eigenvalue weighted by atomic mass is 16.7. The molecular formula is C15H26O3. The summed E-state index contributed by atoms with van der Waals surface area (Å²) in [5.41, 5.74) is 0.0986. The average molecular weight is 254 g/mol. The number of rotatable bonds is 0. The van der Waals surface area contributed by atoms with E-state index in [2.05, 4.69) is 27.7 Å². The quantitative estimate of drug-likeness (QED) is 0.722. The van der Waals surface area contributed by atoms with Crippen LogP contribution in [0.3, 0.4) is 0 Å². The Morgan fingerprint density at radius 1 is 1.06 bits per heavy atom. The Balaban J connectivity index is 2.02. The minimum absolute atomic E-state index is 0.102. The van der Waals surface area contributed by atoms with E-state index < -0.39 is 5.79 Å². The SMILES string of the molecule is C[C@@H]1CC(O)[C@@]2(C)[C@H](C)C3(CC[C@@]12C)OCCO3. The maximum atomic E-state index is 10.6. The standard InChI is InChI=1S/C15H26O3/c1-10-9-12(16)14(4)11(2)15(17-7-8-18-15)6-5-13(10,14)3/h10-12,16H,5-9H2,1-4H3/t10-,11+,12?,13+,14-/m1/s1. The molecule has 3 fully saturated rings. The zero-order valence-electron chi connectivity index (χ0n) is 12.0. The molecule has 0 amide bonds. The fourth-order valence-electron chi connectivity index (χ4n) is 5.02. The fourth-order valence-corrected chi connectivity index (χ4v) is 5.02. The van der Waals surface area contributed by atoms with Crippen molar-refractivity contribution in [2.75, 3.05) is 13.2 Å². The van der Waals surface area contributed by atoms with E-state index in [0.717, 1.165) is 19.3 Å². The summed E-state index contributed by atoms with van der Waals surface area (Å²) in [6, 6.07) is 0. The van der Waals surface area contributed by atoms with Crippen molar-refractivity contribution < 1.29 is 14.6 Å². The smallest absolute Gasteiger partial charge is 0.171 e. The molecule has 1 aliphatic heterocycles. The summed E-state index contributed by atoms with van der Waals surface area (Å²) in [5, 5.41) is 10.6. The molecule has 0 aromatic rings. The second-order valence-corrected chi connectivity index (χ2v) is 7.08. The summed E-state index contributed by atoms with van der Waals surface area (Å²) in [5.74, 6) is 0.379. The van der Waals surface area contributed by atoms with Crippen molar-refractivity contribution in [2.45, 2.75) is 58.8 Å². The summed E-state index contributed by atoms with van der Waals surface area (Å²) in [7, 11) is 0. The van der Waals surface area contributed by atoms with Crippen molar-refractivity contribution >= 4 is 0 Å². The lowest BCUT2D eigenvalue weighted by Crippen LogP contribution is -2.59. The highest BCUT2D eigenvalue weighted by molar-refractivity contribution is 5.14. The molecule has 2 aliphatic carbocycles. The molecule has 0 radical (unpaired) electrons. The lowest BCUT2D eigenvalue weighted by molar-refractivity contribution is -0.274. The van der Waals surface area contributed by atoms with Crippen LogP contribution in [0.5, 0.6) is 0 Å². The third-order valence-electron chi connectivity index (χ3n) is 6.92. The average Bonchev–Trinajstić information content (AvgIpc) is 2.87. The molecule has 2 saturated carbocycles. The Morgan fingerprint density at radius 3 is 2.28 bits per heavy atom. The molecule has 104 valence electrons. The number of aliphatic hydroxyl groups is 1. The summed E-state index contributed by atoms with van der Waals surface area (Å²) in [6.07, 6.45) is 2.73. The van der Waals surface area contributed by atoms with Gasteiger partial charge in [0.2, 0.25) is 0 Å². The van der Waals surface area contributed by atoms with Crippen LogP contribution in [-0.4, -0.2) is 30.2 Å². The highest BCUT2D eigenvalue weighted by Crippen LogP contribution is 2.68. The van der Waals surface area contributed by atoms with Gasteiger partial charge in [0.25, 0.3) is 0 Å². The van der Waals surface area contributed by atoms with Crippen LogP contribution >= 0.6 is 0 Å². The fraction of sp³-hybridized carbons (Fsp3) is 1.00. The largest absolute Gasteiger partial charge is 0.393 e. The molecule has 1 heterocycles. The summed E-state index contributed by atoms with van der Waals surface area (Å²) in [6.45, 7) is 10.5. The lowest BCUT2D eigenvalue weighted by Gasteiger charge is -2.58. The van der Waals surface area contributed by atoms with Gasteiger partial charge in [0.15, 0.2) is 5.79 Å². The number of ether oxygens (including phenoxy) is 2. The Bertz CT molecular complexity index is 350. The third-order valence-corrected chi connectivity index (χ3v) is 6.92. The van der Waals surface area contributed by atoms with E-state index in [1.54, 1.807) is 0 Å². The van der Waals surface area contributed by atoms with Gasteiger partial charge in [-0.2, -0.15) is 0 Å². The Morgan fingerprint density at radius 2 is 1.67 bits per heavy atom. The number of hydrogen-bond acceptors (Lipinski definition) is 3. The molecular weight excluding hydrogens is 228 g/mol. The van der Waals surface area contributed by atoms with Crippen LogP contribution in [0.1, 0.15) is 47.0 Å². The van der Waals surface area contributed by atoms with E-state index in [1.807, 2.05) is 0 Å². The first-order valence-electron chi connectivity index (χ1n) is 7.33. The monoisotopic (exact) mass is 254 g/mol. The van der Waals surface area contributed by atoms with E-state index >= 15 is 0 Å². The van der Waals surface area contributed by atoms with Gasteiger partial charge in [-0.1, -0.05) is 27.7 Å². The van der Waals surface area contributed by atoms with Gasteiger partial charge in [-0.15, -0.1) is 0 Å². The van der Waals surface area contributed by atoms with Crippen molar-refractivity contribution in [1.82, 2.24) is 0 Å². The normalized spacial score (nSPS) is 54.8. The molecule has 3 rings (SSSR count). The van der Waals surface area contributed by atoms with Crippen LogP contribution in [-0.2, 0) is 9.47 Å². The molecule has 3 nitrogen and oxygen atoms in total. The van der Waals surface area contributed by atoms with Crippen LogP contribution in [0.15, 0.2) is 0 Å². The van der Waals surface area contributed by atoms with Crippen LogP contribution in [0, 0.1) is 22.7 Å². The molecule has 0 aromatic carbocycles. The molecule has 5 atom stereocenters. The second kappa shape index (κ2) is 3.71. The number of fused-ring (bicyclic) bond motifs is 1. The van der Waals surface area contributed by atoms with Gasteiger partial charge in [-0.3, -0.25) is 0 Å². The predicted molar refractivity (Wildman–Crippen MR) is 69.0 cm³/mol. The zero-order chi connectivity index (χ0) is 13.2. The number of aliphatic hydroxyl groups excluding tert-OH is 1. The van der Waals surface area contributed by atoms with Crippen molar-refractivity contribution in [2.24, 2.45) is 22.7 Å². The van der Waals surface area contributed by atoms with E-state index in [-0.39, 0.29) is 22.9 Å².